The zero-order valence-electron chi connectivity index (χ0n) is 16.5. The summed E-state index contributed by atoms with van der Waals surface area (Å²) in [5, 5.41) is 13.1. The molecule has 3 aromatic rings. The SMILES string of the molecule is CC1(C)O[C@@H]2[C@H](O1)[C@@H](CO)O[C@H]2n1cnc2c(NCc3cccc(I)c3)ncnc21. The monoisotopic (exact) mass is 523 g/mol. The third-order valence-corrected chi connectivity index (χ3v) is 5.96. The Balaban J connectivity index is 1.43. The molecule has 1 aromatic carbocycles. The van der Waals surface area contributed by atoms with Crippen molar-refractivity contribution in [3.05, 3.63) is 46.1 Å². The maximum atomic E-state index is 9.73. The predicted molar refractivity (Wildman–Crippen MR) is 117 cm³/mol. The van der Waals surface area contributed by atoms with Gasteiger partial charge in [-0.25, -0.2) is 15.0 Å². The molecule has 30 heavy (non-hydrogen) atoms. The summed E-state index contributed by atoms with van der Waals surface area (Å²) in [6.45, 7) is 4.19. The van der Waals surface area contributed by atoms with E-state index in [-0.39, 0.29) is 18.8 Å². The van der Waals surface area contributed by atoms with Crippen LogP contribution in [-0.4, -0.2) is 55.3 Å². The van der Waals surface area contributed by atoms with Gasteiger partial charge in [-0.1, -0.05) is 12.1 Å². The summed E-state index contributed by atoms with van der Waals surface area (Å²) >= 11 is 2.30. The van der Waals surface area contributed by atoms with Gasteiger partial charge in [0.1, 0.15) is 24.6 Å². The van der Waals surface area contributed by atoms with Gasteiger partial charge in [0.05, 0.1) is 12.9 Å². The van der Waals surface area contributed by atoms with E-state index < -0.39 is 18.1 Å². The van der Waals surface area contributed by atoms with E-state index in [0.29, 0.717) is 23.5 Å². The van der Waals surface area contributed by atoms with Crippen LogP contribution in [-0.2, 0) is 20.8 Å². The number of hydrogen-bond donors (Lipinski definition) is 2. The molecule has 0 bridgehead atoms. The second-order valence-electron chi connectivity index (χ2n) is 7.84. The highest BCUT2D eigenvalue weighted by Gasteiger charge is 2.55. The lowest BCUT2D eigenvalue weighted by Crippen LogP contribution is -2.31. The van der Waals surface area contributed by atoms with Crippen LogP contribution in [0.2, 0.25) is 0 Å². The van der Waals surface area contributed by atoms with E-state index in [9.17, 15) is 5.11 Å². The molecule has 0 spiro atoms. The number of imidazole rings is 1. The average Bonchev–Trinajstić information content (AvgIpc) is 3.37. The Bertz CT molecular complexity index is 1070. The lowest BCUT2D eigenvalue weighted by atomic mass is 10.1. The molecule has 2 aromatic heterocycles. The molecule has 9 nitrogen and oxygen atoms in total. The molecule has 10 heteroatoms. The van der Waals surface area contributed by atoms with Crippen LogP contribution in [0.25, 0.3) is 11.2 Å². The second-order valence-corrected chi connectivity index (χ2v) is 9.09. The van der Waals surface area contributed by atoms with Crippen LogP contribution in [0.1, 0.15) is 25.6 Å². The van der Waals surface area contributed by atoms with E-state index in [0.717, 1.165) is 5.56 Å². The van der Waals surface area contributed by atoms with Gasteiger partial charge in [-0.2, -0.15) is 0 Å². The summed E-state index contributed by atoms with van der Waals surface area (Å²) in [4.78, 5) is 13.3. The van der Waals surface area contributed by atoms with Crippen molar-refractivity contribution in [2.75, 3.05) is 11.9 Å². The normalized spacial score (nSPS) is 27.5. The molecule has 2 aliphatic rings. The molecule has 0 radical (unpaired) electrons. The molecule has 0 amide bonds. The number of anilines is 1. The third kappa shape index (κ3) is 3.56. The quantitative estimate of drug-likeness (QED) is 0.492. The minimum atomic E-state index is -0.740. The van der Waals surface area contributed by atoms with Crippen molar-refractivity contribution in [2.45, 2.75) is 50.7 Å². The predicted octanol–water partition coefficient (Wildman–Crippen LogP) is 2.45. The van der Waals surface area contributed by atoms with Crippen LogP contribution >= 0.6 is 22.6 Å². The van der Waals surface area contributed by atoms with Crippen LogP contribution < -0.4 is 5.32 Å². The van der Waals surface area contributed by atoms with Crippen molar-refractivity contribution in [1.29, 1.82) is 0 Å². The Morgan fingerprint density at radius 2 is 2.03 bits per heavy atom. The molecule has 0 aliphatic carbocycles. The van der Waals surface area contributed by atoms with Crippen molar-refractivity contribution >= 4 is 39.6 Å². The maximum absolute atomic E-state index is 9.73. The van der Waals surface area contributed by atoms with Gasteiger partial charge >= 0.3 is 0 Å². The molecule has 2 fully saturated rings. The molecule has 2 N–H and O–H groups in total. The molecule has 0 saturated carbocycles. The highest BCUT2D eigenvalue weighted by Crippen LogP contribution is 2.43. The highest BCUT2D eigenvalue weighted by atomic mass is 127. The summed E-state index contributed by atoms with van der Waals surface area (Å²) < 4.78 is 21.1. The van der Waals surface area contributed by atoms with Crippen LogP contribution in [0.4, 0.5) is 5.82 Å². The minimum Gasteiger partial charge on any atom is -0.394 e. The van der Waals surface area contributed by atoms with Crippen molar-refractivity contribution in [2.24, 2.45) is 0 Å². The van der Waals surface area contributed by atoms with Crippen molar-refractivity contribution in [1.82, 2.24) is 19.5 Å². The van der Waals surface area contributed by atoms with Gasteiger partial charge in [-0.15, -0.1) is 0 Å². The van der Waals surface area contributed by atoms with E-state index in [4.69, 9.17) is 14.2 Å². The average molecular weight is 523 g/mol. The third-order valence-electron chi connectivity index (χ3n) is 5.29. The molecule has 2 saturated heterocycles. The summed E-state index contributed by atoms with van der Waals surface area (Å²) in [6.07, 6.45) is 1.48. The number of aromatic nitrogens is 4. The number of fused-ring (bicyclic) bond motifs is 2. The number of ether oxygens (including phenoxy) is 3. The van der Waals surface area contributed by atoms with Gasteiger partial charge < -0.3 is 24.6 Å². The lowest BCUT2D eigenvalue weighted by molar-refractivity contribution is -0.199. The molecule has 2 aliphatic heterocycles. The maximum Gasteiger partial charge on any atom is 0.167 e. The summed E-state index contributed by atoms with van der Waals surface area (Å²) in [6, 6.07) is 8.26. The van der Waals surface area contributed by atoms with Gasteiger partial charge in [0.2, 0.25) is 0 Å². The second kappa shape index (κ2) is 7.68. The number of aliphatic hydroxyl groups is 1. The van der Waals surface area contributed by atoms with Crippen LogP contribution in [0.5, 0.6) is 0 Å². The molecular formula is C20H22IN5O4. The van der Waals surface area contributed by atoms with Crippen LogP contribution in [0.3, 0.4) is 0 Å². The Kier molecular flexibility index (Phi) is 5.14. The minimum absolute atomic E-state index is 0.151. The molecule has 4 heterocycles. The number of rotatable bonds is 5. The number of nitrogens with one attached hydrogen (secondary N) is 1. The Morgan fingerprint density at radius 1 is 1.20 bits per heavy atom. The number of halogens is 1. The van der Waals surface area contributed by atoms with Crippen LogP contribution in [0, 0.1) is 3.57 Å². The topological polar surface area (TPSA) is 104 Å². The van der Waals surface area contributed by atoms with Crippen molar-refractivity contribution < 1.29 is 19.3 Å². The fourth-order valence-corrected chi connectivity index (χ4v) is 4.64. The zero-order chi connectivity index (χ0) is 20.9. The van der Waals surface area contributed by atoms with Gasteiger partial charge in [-0.05, 0) is 54.1 Å². The largest absolute Gasteiger partial charge is 0.394 e. The van der Waals surface area contributed by atoms with Gasteiger partial charge in [-0.3, -0.25) is 4.57 Å². The summed E-state index contributed by atoms with van der Waals surface area (Å²) in [5.41, 5.74) is 2.43. The highest BCUT2D eigenvalue weighted by molar-refractivity contribution is 14.1. The fraction of sp³-hybridized carbons (Fsp3) is 0.450. The first-order valence-electron chi connectivity index (χ1n) is 9.73. The Labute approximate surface area is 186 Å². The molecule has 0 unspecified atom stereocenters. The first-order chi connectivity index (χ1) is 14.4. The zero-order valence-corrected chi connectivity index (χ0v) is 18.7. The smallest absolute Gasteiger partial charge is 0.167 e. The van der Waals surface area contributed by atoms with Gasteiger partial charge in [0.25, 0.3) is 0 Å². The van der Waals surface area contributed by atoms with Gasteiger partial charge in [0.15, 0.2) is 29.0 Å². The Hall–Kier alpha value is -1.86. The number of hydrogen-bond acceptors (Lipinski definition) is 8. The van der Waals surface area contributed by atoms with Crippen molar-refractivity contribution in [3.63, 3.8) is 0 Å². The first kappa shape index (κ1) is 20.1. The fourth-order valence-electron chi connectivity index (χ4n) is 4.03. The molecule has 4 atom stereocenters. The summed E-state index contributed by atoms with van der Waals surface area (Å²) in [7, 11) is 0. The molecule has 158 valence electrons. The number of nitrogens with zero attached hydrogens (tertiary/aromatic N) is 4. The van der Waals surface area contributed by atoms with Crippen molar-refractivity contribution in [3.8, 4) is 0 Å². The Morgan fingerprint density at radius 3 is 2.83 bits per heavy atom. The molecular weight excluding hydrogens is 501 g/mol. The number of aliphatic hydroxyl groups excluding tert-OH is 1. The standard InChI is InChI=1S/C20H22IN5O4/c1-20(2)29-15-13(8-27)28-19(16(15)30-20)26-10-25-14-17(23-9-24-18(14)26)22-7-11-4-3-5-12(21)6-11/h3-6,9-10,13,15-16,19,27H,7-8H2,1-2H3,(H,22,23,24)/t13-,15-,16-,19-/m1/s1. The van der Waals surface area contributed by atoms with E-state index >= 15 is 0 Å². The first-order valence-corrected chi connectivity index (χ1v) is 10.8. The number of benzene rings is 1. The van der Waals surface area contributed by atoms with Crippen LogP contribution in [0.15, 0.2) is 36.9 Å². The van der Waals surface area contributed by atoms with Gasteiger partial charge in [0, 0.05) is 10.1 Å². The molecule has 5 rings (SSSR count). The lowest BCUT2D eigenvalue weighted by Gasteiger charge is -2.24. The van der Waals surface area contributed by atoms with E-state index in [1.165, 1.54) is 9.90 Å². The van der Waals surface area contributed by atoms with E-state index in [2.05, 4.69) is 61.1 Å². The van der Waals surface area contributed by atoms with E-state index in [1.807, 2.05) is 24.5 Å². The van der Waals surface area contributed by atoms with E-state index in [1.54, 1.807) is 6.33 Å². The summed E-state index contributed by atoms with van der Waals surface area (Å²) in [5.74, 6) is -0.0921.